The third-order valence-corrected chi connectivity index (χ3v) is 4.53. The summed E-state index contributed by atoms with van der Waals surface area (Å²) in [6, 6.07) is 24.6. The van der Waals surface area contributed by atoms with E-state index in [4.69, 9.17) is 10.8 Å². The van der Waals surface area contributed by atoms with Crippen molar-refractivity contribution >= 4 is 22.9 Å². The molecule has 0 bridgehead atoms. The fourth-order valence-electron chi connectivity index (χ4n) is 3.05. The number of nitrogens with one attached hydrogen (secondary N) is 1. The van der Waals surface area contributed by atoms with Gasteiger partial charge >= 0.3 is 0 Å². The van der Waals surface area contributed by atoms with Gasteiger partial charge in [0.25, 0.3) is 0 Å². The summed E-state index contributed by atoms with van der Waals surface area (Å²) in [4.78, 5) is 10.4. The zero-order chi connectivity index (χ0) is 20.2. The van der Waals surface area contributed by atoms with Gasteiger partial charge in [-0.05, 0) is 36.4 Å². The highest BCUT2D eigenvalue weighted by Crippen LogP contribution is 2.23. The molecule has 0 saturated heterocycles. The molecule has 0 unspecified atom stereocenters. The van der Waals surface area contributed by atoms with Crippen molar-refractivity contribution in [3.63, 3.8) is 0 Å². The molecule has 3 aromatic rings. The average molecular weight is 388 g/mol. The second kappa shape index (κ2) is 7.89. The van der Waals surface area contributed by atoms with Gasteiger partial charge in [0.1, 0.15) is 6.67 Å². The maximum atomic E-state index is 10.7. The number of hydrazine groups is 1. The molecule has 3 aromatic carbocycles. The van der Waals surface area contributed by atoms with Crippen molar-refractivity contribution in [2.45, 2.75) is 6.54 Å². The quantitative estimate of drug-likeness (QED) is 0.396. The van der Waals surface area contributed by atoms with Gasteiger partial charge in [-0.25, -0.2) is 5.01 Å². The highest BCUT2D eigenvalue weighted by atomic mass is 16.6. The second-order valence-electron chi connectivity index (χ2n) is 6.64. The highest BCUT2D eigenvalue weighted by molar-refractivity contribution is 6.00. The fraction of sp³-hybridized carbons (Fsp3) is 0.0952. The van der Waals surface area contributed by atoms with Crippen LogP contribution >= 0.6 is 0 Å². The minimum absolute atomic E-state index is 0.192. The van der Waals surface area contributed by atoms with Gasteiger partial charge < -0.3 is 5.73 Å². The Morgan fingerprint density at radius 2 is 1.62 bits per heavy atom. The summed E-state index contributed by atoms with van der Waals surface area (Å²) in [5.41, 5.74) is 13.2. The zero-order valence-corrected chi connectivity index (χ0v) is 15.6. The molecule has 29 heavy (non-hydrogen) atoms. The van der Waals surface area contributed by atoms with E-state index in [1.54, 1.807) is 12.1 Å². The standard InChI is InChI=1S/C21H20N6O2/c22-18-8-12-20(13-9-18)26-15-25(19-10-6-16(7-11-19)14-27(28)29)23-21(24-26)17-4-2-1-3-5-17/h1-13H,14-15,22H2,(H,23,24). The number of nitrogens with two attached hydrogens (primary N) is 1. The van der Waals surface area contributed by atoms with Crippen molar-refractivity contribution in [1.82, 2.24) is 5.43 Å². The normalized spacial score (nSPS) is 13.6. The summed E-state index contributed by atoms with van der Waals surface area (Å²) < 4.78 is 0. The molecule has 4 rings (SSSR count). The van der Waals surface area contributed by atoms with Crippen molar-refractivity contribution in [2.24, 2.45) is 5.10 Å². The molecule has 8 heteroatoms. The first-order chi connectivity index (χ1) is 14.1. The average Bonchev–Trinajstić information content (AvgIpc) is 2.75. The topological polar surface area (TPSA) is 100 Å². The summed E-state index contributed by atoms with van der Waals surface area (Å²) in [5, 5.41) is 19.3. The molecule has 0 amide bonds. The molecule has 1 aliphatic heterocycles. The van der Waals surface area contributed by atoms with E-state index < -0.39 is 0 Å². The van der Waals surface area contributed by atoms with Crippen molar-refractivity contribution in [1.29, 1.82) is 0 Å². The third-order valence-electron chi connectivity index (χ3n) is 4.53. The summed E-state index contributed by atoms with van der Waals surface area (Å²) in [5.74, 6) is 0.697. The first-order valence-electron chi connectivity index (χ1n) is 9.10. The third kappa shape index (κ3) is 4.27. The molecule has 146 valence electrons. The summed E-state index contributed by atoms with van der Waals surface area (Å²) >= 11 is 0. The van der Waals surface area contributed by atoms with Gasteiger partial charge in [-0.15, -0.1) is 0 Å². The van der Waals surface area contributed by atoms with Crippen LogP contribution in [0.5, 0.6) is 0 Å². The number of hydrazone groups is 1. The van der Waals surface area contributed by atoms with Crippen molar-refractivity contribution in [3.05, 3.63) is 100 Å². The molecule has 0 fully saturated rings. The minimum atomic E-state index is -0.336. The molecule has 0 aromatic heterocycles. The smallest absolute Gasteiger partial charge is 0.228 e. The van der Waals surface area contributed by atoms with Gasteiger partial charge in [-0.2, -0.15) is 5.10 Å². The van der Waals surface area contributed by atoms with E-state index in [0.29, 0.717) is 23.8 Å². The lowest BCUT2D eigenvalue weighted by atomic mass is 10.2. The number of nitrogens with zero attached hydrogens (tertiary/aromatic N) is 4. The van der Waals surface area contributed by atoms with E-state index in [1.807, 2.05) is 76.7 Å². The zero-order valence-electron chi connectivity index (χ0n) is 15.6. The number of nitrogen functional groups attached to an aromatic ring is 1. The van der Waals surface area contributed by atoms with Gasteiger partial charge in [0.2, 0.25) is 6.54 Å². The maximum absolute atomic E-state index is 10.7. The number of amidine groups is 1. The van der Waals surface area contributed by atoms with Crippen LogP contribution in [0.3, 0.4) is 0 Å². The van der Waals surface area contributed by atoms with Crippen LogP contribution in [0.15, 0.2) is 84.0 Å². The summed E-state index contributed by atoms with van der Waals surface area (Å²) in [7, 11) is 0. The number of benzene rings is 3. The minimum Gasteiger partial charge on any atom is -0.399 e. The molecule has 3 N–H and O–H groups in total. The molecule has 8 nitrogen and oxygen atoms in total. The number of hydrogen-bond acceptors (Lipinski definition) is 7. The van der Waals surface area contributed by atoms with Crippen molar-refractivity contribution in [2.75, 3.05) is 22.4 Å². The largest absolute Gasteiger partial charge is 0.399 e. The Morgan fingerprint density at radius 3 is 2.28 bits per heavy atom. The molecular formula is C21H20N6O2. The fourth-order valence-corrected chi connectivity index (χ4v) is 3.05. The van der Waals surface area contributed by atoms with Gasteiger partial charge in [0.15, 0.2) is 5.84 Å². The summed E-state index contributed by atoms with van der Waals surface area (Å²) in [6.45, 7) is 0.261. The molecule has 0 aliphatic carbocycles. The maximum Gasteiger partial charge on any atom is 0.228 e. The molecule has 1 heterocycles. The van der Waals surface area contributed by atoms with Gasteiger partial charge in [-0.3, -0.25) is 20.5 Å². The van der Waals surface area contributed by atoms with E-state index in [1.165, 1.54) is 0 Å². The van der Waals surface area contributed by atoms with Crippen LogP contribution in [0.1, 0.15) is 11.1 Å². The Labute approximate surface area is 168 Å². The Balaban J connectivity index is 1.66. The monoisotopic (exact) mass is 388 g/mol. The molecular weight excluding hydrogens is 368 g/mol. The molecule has 0 radical (unpaired) electrons. The van der Waals surface area contributed by atoms with Gasteiger partial charge in [0, 0.05) is 21.7 Å². The van der Waals surface area contributed by atoms with E-state index in [2.05, 4.69) is 5.43 Å². The van der Waals surface area contributed by atoms with Gasteiger partial charge in [0.05, 0.1) is 11.4 Å². The van der Waals surface area contributed by atoms with Crippen molar-refractivity contribution in [3.8, 4) is 0 Å². The van der Waals surface area contributed by atoms with Crippen LogP contribution in [0, 0.1) is 10.1 Å². The molecule has 0 saturated carbocycles. The SMILES string of the molecule is Nc1ccc(N2CN(c3ccc(C[N+](=O)[O-])cc3)NC(c3ccccc3)=N2)cc1. The van der Waals surface area contributed by atoms with Crippen LogP contribution in [0.2, 0.25) is 0 Å². The molecule has 1 aliphatic rings. The van der Waals surface area contributed by atoms with Crippen LogP contribution in [0.25, 0.3) is 0 Å². The Hall–Kier alpha value is -4.07. The predicted molar refractivity (Wildman–Crippen MR) is 114 cm³/mol. The van der Waals surface area contributed by atoms with Crippen LogP contribution < -0.4 is 21.2 Å². The van der Waals surface area contributed by atoms with Crippen LogP contribution in [-0.2, 0) is 6.54 Å². The first kappa shape index (κ1) is 18.3. The summed E-state index contributed by atoms with van der Waals surface area (Å²) in [6.07, 6.45) is 0. The van der Waals surface area contributed by atoms with E-state index in [-0.39, 0.29) is 11.5 Å². The Morgan fingerprint density at radius 1 is 0.966 bits per heavy atom. The lowest BCUT2D eigenvalue weighted by Crippen LogP contribution is -2.53. The Kier molecular flexibility index (Phi) is 4.98. The molecule has 0 spiro atoms. The Bertz CT molecular complexity index is 1020. The van der Waals surface area contributed by atoms with Crippen LogP contribution in [-0.4, -0.2) is 17.4 Å². The molecule has 0 atom stereocenters. The van der Waals surface area contributed by atoms with Gasteiger partial charge in [-0.1, -0.05) is 42.5 Å². The van der Waals surface area contributed by atoms with E-state index in [0.717, 1.165) is 16.9 Å². The second-order valence-corrected chi connectivity index (χ2v) is 6.64. The highest BCUT2D eigenvalue weighted by Gasteiger charge is 2.21. The predicted octanol–water partition coefficient (Wildman–Crippen LogP) is 3.20. The van der Waals surface area contributed by atoms with E-state index >= 15 is 0 Å². The first-order valence-corrected chi connectivity index (χ1v) is 9.10. The van der Waals surface area contributed by atoms with Crippen LogP contribution in [0.4, 0.5) is 17.1 Å². The number of anilines is 3. The van der Waals surface area contributed by atoms with Crippen molar-refractivity contribution < 1.29 is 4.92 Å². The lowest BCUT2D eigenvalue weighted by Gasteiger charge is -2.36. The van der Waals surface area contributed by atoms with E-state index in [9.17, 15) is 10.1 Å². The number of rotatable bonds is 5. The lowest BCUT2D eigenvalue weighted by molar-refractivity contribution is -0.496. The number of nitro groups is 1. The number of hydrogen-bond donors (Lipinski definition) is 2.